The molecule has 5 rings (SSSR count). The molecule has 0 aliphatic carbocycles. The average Bonchev–Trinajstić information content (AvgIpc) is 3.49. The van der Waals surface area contributed by atoms with Crippen LogP contribution in [0.3, 0.4) is 0 Å². The number of hydrogen-bond acceptors (Lipinski definition) is 8. The maximum Gasteiger partial charge on any atom is 0.261 e. The smallest absolute Gasteiger partial charge is 0.261 e. The van der Waals surface area contributed by atoms with Crippen molar-refractivity contribution < 1.29 is 12.9 Å². The van der Waals surface area contributed by atoms with Gasteiger partial charge in [0.05, 0.1) is 36.4 Å². The number of imidazole rings is 1. The van der Waals surface area contributed by atoms with E-state index in [0.29, 0.717) is 36.4 Å². The molecule has 1 aromatic carbocycles. The molecule has 4 aromatic rings. The number of sulfonamides is 1. The van der Waals surface area contributed by atoms with Crippen molar-refractivity contribution in [1.29, 1.82) is 5.26 Å². The van der Waals surface area contributed by atoms with Crippen LogP contribution in [0.5, 0.6) is 0 Å². The van der Waals surface area contributed by atoms with Gasteiger partial charge in [0.2, 0.25) is 0 Å². The first-order valence-electron chi connectivity index (χ1n) is 11.4. The Bertz CT molecular complexity index is 1520. The Morgan fingerprint density at radius 3 is 2.78 bits per heavy atom. The van der Waals surface area contributed by atoms with Gasteiger partial charge < -0.3 is 14.0 Å². The summed E-state index contributed by atoms with van der Waals surface area (Å²) in [6.45, 7) is 2.83. The van der Waals surface area contributed by atoms with E-state index in [-0.39, 0.29) is 11.6 Å². The van der Waals surface area contributed by atoms with Crippen LogP contribution < -0.4 is 4.90 Å². The predicted octanol–water partition coefficient (Wildman–Crippen LogP) is 2.81. The van der Waals surface area contributed by atoms with Crippen LogP contribution in [0.1, 0.15) is 28.1 Å². The van der Waals surface area contributed by atoms with E-state index in [0.717, 1.165) is 16.9 Å². The summed E-state index contributed by atoms with van der Waals surface area (Å²) in [6, 6.07) is 12.2. The summed E-state index contributed by atoms with van der Waals surface area (Å²) in [5.74, 6) is 0.561. The van der Waals surface area contributed by atoms with Gasteiger partial charge in [0.25, 0.3) is 10.0 Å². The summed E-state index contributed by atoms with van der Waals surface area (Å²) in [6.07, 6.45) is 7.01. The molecule has 0 fully saturated rings. The molecule has 0 amide bonds. The Morgan fingerprint density at radius 1 is 1.25 bits per heavy atom. The van der Waals surface area contributed by atoms with Gasteiger partial charge in [-0.25, -0.2) is 18.4 Å². The molecule has 0 bridgehead atoms. The van der Waals surface area contributed by atoms with E-state index in [9.17, 15) is 13.7 Å². The van der Waals surface area contributed by atoms with Gasteiger partial charge >= 0.3 is 0 Å². The first kappa shape index (κ1) is 23.7. The maximum absolute atomic E-state index is 13.9. The fourth-order valence-electron chi connectivity index (χ4n) is 4.54. The number of aryl methyl sites for hydroxylation is 2. The molecule has 4 heterocycles. The average molecular weight is 504 g/mol. The lowest BCUT2D eigenvalue weighted by Gasteiger charge is -2.40. The van der Waals surface area contributed by atoms with Crippen molar-refractivity contribution >= 4 is 15.7 Å². The molecular weight excluding hydrogens is 478 g/mol. The van der Waals surface area contributed by atoms with Gasteiger partial charge in [-0.15, -0.1) is 0 Å². The van der Waals surface area contributed by atoms with Gasteiger partial charge in [-0.3, -0.25) is 0 Å². The molecule has 11 heteroatoms. The zero-order valence-electron chi connectivity index (χ0n) is 19.9. The van der Waals surface area contributed by atoms with Gasteiger partial charge in [-0.1, -0.05) is 11.2 Å². The number of fused-ring (bicyclic) bond motifs is 1. The third-order valence-electron chi connectivity index (χ3n) is 6.50. The zero-order valence-corrected chi connectivity index (χ0v) is 20.8. The fraction of sp³-hybridized carbons (Fsp3) is 0.280. The zero-order chi connectivity index (χ0) is 25.3. The summed E-state index contributed by atoms with van der Waals surface area (Å²) >= 11 is 0. The minimum atomic E-state index is -3.96. The summed E-state index contributed by atoms with van der Waals surface area (Å²) in [5, 5.41) is 13.3. The first-order valence-corrected chi connectivity index (χ1v) is 12.9. The summed E-state index contributed by atoms with van der Waals surface area (Å²) in [5.41, 5.74) is 4.09. The van der Waals surface area contributed by atoms with Crippen LogP contribution in [0.25, 0.3) is 0 Å². The van der Waals surface area contributed by atoms with Gasteiger partial charge in [0.1, 0.15) is 5.76 Å². The highest BCUT2D eigenvalue weighted by Crippen LogP contribution is 2.34. The Labute approximate surface area is 209 Å². The maximum atomic E-state index is 13.9. The van der Waals surface area contributed by atoms with Crippen LogP contribution in [0.2, 0.25) is 0 Å². The number of aromatic nitrogens is 4. The van der Waals surface area contributed by atoms with Crippen molar-refractivity contribution in [2.24, 2.45) is 7.05 Å². The number of pyridine rings is 1. The largest absolute Gasteiger partial charge is 0.364 e. The minimum Gasteiger partial charge on any atom is -0.364 e. The monoisotopic (exact) mass is 503 g/mol. The van der Waals surface area contributed by atoms with Gasteiger partial charge in [0, 0.05) is 49.8 Å². The lowest BCUT2D eigenvalue weighted by atomic mass is 9.95. The Kier molecular flexibility index (Phi) is 6.30. The number of benzene rings is 1. The van der Waals surface area contributed by atoms with Crippen molar-refractivity contribution in [3.63, 3.8) is 0 Å². The topological polar surface area (TPSA) is 121 Å². The van der Waals surface area contributed by atoms with Crippen LogP contribution in [0.4, 0.5) is 5.69 Å². The summed E-state index contributed by atoms with van der Waals surface area (Å²) < 4.78 is 36.5. The van der Waals surface area contributed by atoms with E-state index in [2.05, 4.69) is 26.1 Å². The van der Waals surface area contributed by atoms with E-state index < -0.39 is 16.1 Å². The van der Waals surface area contributed by atoms with Crippen LogP contribution in [0, 0.1) is 18.3 Å². The molecule has 1 aliphatic heterocycles. The van der Waals surface area contributed by atoms with Gasteiger partial charge in [-0.2, -0.15) is 9.57 Å². The predicted molar refractivity (Wildman–Crippen MR) is 131 cm³/mol. The number of nitriles is 1. The van der Waals surface area contributed by atoms with Crippen molar-refractivity contribution in [2.45, 2.75) is 37.5 Å². The molecule has 0 saturated carbocycles. The molecule has 3 aromatic heterocycles. The molecule has 0 radical (unpaired) electrons. The fourth-order valence-corrected chi connectivity index (χ4v) is 6.07. The Balaban J connectivity index is 1.58. The molecule has 0 saturated heterocycles. The van der Waals surface area contributed by atoms with E-state index >= 15 is 0 Å². The molecule has 0 N–H and O–H groups in total. The van der Waals surface area contributed by atoms with E-state index in [1.54, 1.807) is 43.8 Å². The lowest BCUT2D eigenvalue weighted by Crippen LogP contribution is -2.50. The minimum absolute atomic E-state index is 0.0196. The summed E-state index contributed by atoms with van der Waals surface area (Å²) in [7, 11) is -2.04. The van der Waals surface area contributed by atoms with Crippen LogP contribution in [-0.2, 0) is 36.6 Å². The first-order chi connectivity index (χ1) is 17.4. The molecular formula is C25H25N7O3S. The van der Waals surface area contributed by atoms with Crippen molar-refractivity contribution in [3.05, 3.63) is 89.5 Å². The summed E-state index contributed by atoms with van der Waals surface area (Å²) in [4.78, 5) is 10.5. The van der Waals surface area contributed by atoms with Crippen LogP contribution in [-0.4, -0.2) is 45.0 Å². The molecule has 1 atom stereocenters. The van der Waals surface area contributed by atoms with Crippen LogP contribution >= 0.6 is 0 Å². The van der Waals surface area contributed by atoms with Crippen LogP contribution in [0.15, 0.2) is 70.9 Å². The number of hydrogen-bond donors (Lipinski definition) is 0. The number of nitrogens with zero attached hydrogens (tertiary/aromatic N) is 7. The Hall–Kier alpha value is -4.01. The second-order valence-electron chi connectivity index (χ2n) is 8.82. The van der Waals surface area contributed by atoms with Crippen molar-refractivity contribution in [1.82, 2.24) is 24.0 Å². The highest BCUT2D eigenvalue weighted by molar-refractivity contribution is 7.89. The van der Waals surface area contributed by atoms with E-state index in [1.165, 1.54) is 16.6 Å². The molecule has 1 unspecified atom stereocenters. The van der Waals surface area contributed by atoms with Crippen molar-refractivity contribution in [3.8, 4) is 6.07 Å². The number of rotatable bonds is 7. The molecule has 36 heavy (non-hydrogen) atoms. The SMILES string of the molecule is Cc1oncc1CN(C1Cc2cc(C#N)ccc2N(Cc2cncn2C)C1)S(=O)(=O)c1ccccn1. The van der Waals surface area contributed by atoms with E-state index in [1.807, 2.05) is 23.7 Å². The van der Waals surface area contributed by atoms with Gasteiger partial charge in [-0.05, 0) is 49.2 Å². The normalized spacial score (nSPS) is 15.6. The van der Waals surface area contributed by atoms with Gasteiger partial charge in [0.15, 0.2) is 5.03 Å². The second kappa shape index (κ2) is 9.56. The molecule has 10 nitrogen and oxygen atoms in total. The highest BCUT2D eigenvalue weighted by Gasteiger charge is 2.37. The third kappa shape index (κ3) is 4.48. The van der Waals surface area contributed by atoms with Crippen molar-refractivity contribution in [2.75, 3.05) is 11.4 Å². The molecule has 0 spiro atoms. The highest BCUT2D eigenvalue weighted by atomic mass is 32.2. The Morgan fingerprint density at radius 2 is 2.11 bits per heavy atom. The number of anilines is 1. The second-order valence-corrected chi connectivity index (χ2v) is 10.7. The lowest BCUT2D eigenvalue weighted by molar-refractivity contribution is 0.299. The standard InChI is InChI=1S/C25H25N7O3S/c1-18-21(12-29-35-18)14-32(36(33,34)25-5-3-4-8-28-25)22-10-20-9-19(11-26)6-7-24(20)31(15-22)16-23-13-27-17-30(23)2/h3-9,12-13,17,22H,10,14-16H2,1-2H3. The molecule has 184 valence electrons. The third-order valence-corrected chi connectivity index (χ3v) is 8.31. The van der Waals surface area contributed by atoms with E-state index in [4.69, 9.17) is 4.52 Å². The molecule has 1 aliphatic rings. The quantitative estimate of drug-likeness (QED) is 0.377.